The Balaban J connectivity index is 1.39. The lowest BCUT2D eigenvalue weighted by Gasteiger charge is -2.28. The van der Waals surface area contributed by atoms with Gasteiger partial charge >= 0.3 is 12.0 Å². The number of aliphatic hydroxyl groups excluding tert-OH is 1. The van der Waals surface area contributed by atoms with Crippen molar-refractivity contribution >= 4 is 18.2 Å². The second kappa shape index (κ2) is 14.7. The van der Waals surface area contributed by atoms with Crippen LogP contribution in [0.4, 0.5) is 9.18 Å². The summed E-state index contributed by atoms with van der Waals surface area (Å²) in [6.07, 6.45) is 0.291. The third-order valence-corrected chi connectivity index (χ3v) is 6.36. The van der Waals surface area contributed by atoms with Crippen molar-refractivity contribution in [3.8, 4) is 17.2 Å². The van der Waals surface area contributed by atoms with Gasteiger partial charge in [-0.05, 0) is 49.7 Å². The van der Waals surface area contributed by atoms with E-state index in [-0.39, 0.29) is 24.6 Å². The highest BCUT2D eigenvalue weighted by atomic mass is 19.1. The van der Waals surface area contributed by atoms with E-state index in [1.54, 1.807) is 74.5 Å². The average molecular weight is 593 g/mol. The number of nitrogens with one attached hydrogen (secondary N) is 3. The lowest BCUT2D eigenvalue weighted by atomic mass is 9.95. The van der Waals surface area contributed by atoms with Gasteiger partial charge in [0.1, 0.15) is 24.8 Å². The number of methoxy groups -OCH3 is 1. The smallest absolute Gasteiger partial charge is 0.337 e. The van der Waals surface area contributed by atoms with Crippen LogP contribution in [0.3, 0.4) is 0 Å². The van der Waals surface area contributed by atoms with Crippen molar-refractivity contribution in [3.05, 3.63) is 101 Å². The summed E-state index contributed by atoms with van der Waals surface area (Å²) in [5, 5.41) is 19.8. The van der Waals surface area contributed by atoms with E-state index in [0.29, 0.717) is 46.2 Å². The molecule has 3 aromatic rings. The van der Waals surface area contributed by atoms with Crippen molar-refractivity contribution in [3.63, 3.8) is 0 Å². The summed E-state index contributed by atoms with van der Waals surface area (Å²) in [7, 11) is 1.27. The van der Waals surface area contributed by atoms with Crippen molar-refractivity contribution in [1.29, 1.82) is 0 Å². The van der Waals surface area contributed by atoms with E-state index >= 15 is 0 Å². The van der Waals surface area contributed by atoms with Crippen LogP contribution in [0, 0.1) is 5.82 Å². The molecule has 0 bridgehead atoms. The van der Waals surface area contributed by atoms with Gasteiger partial charge in [-0.2, -0.15) is 5.10 Å². The van der Waals surface area contributed by atoms with Crippen LogP contribution in [0.1, 0.15) is 36.6 Å². The van der Waals surface area contributed by atoms with Gasteiger partial charge in [-0.25, -0.2) is 14.0 Å². The summed E-state index contributed by atoms with van der Waals surface area (Å²) in [6, 6.07) is 17.2. The summed E-state index contributed by atoms with van der Waals surface area (Å²) in [4.78, 5) is 24.6. The first-order valence-electron chi connectivity index (χ1n) is 13.5. The number of esters is 1. The van der Waals surface area contributed by atoms with Gasteiger partial charge < -0.3 is 34.7 Å². The fourth-order valence-electron chi connectivity index (χ4n) is 4.30. The third-order valence-electron chi connectivity index (χ3n) is 6.36. The molecule has 0 aromatic heterocycles. The molecule has 0 unspecified atom stereocenters. The SMILES string of the molecule is CCOc1cc([C@H]2NC(=O)NC(C)=C2C(=O)OC)ccc1OC[C@H](O)N/N=C\c1ccccc1OCc1ccccc1F. The molecule has 0 saturated heterocycles. The largest absolute Gasteiger partial charge is 0.490 e. The maximum Gasteiger partial charge on any atom is 0.337 e. The fraction of sp³-hybridized carbons (Fsp3) is 0.258. The molecule has 0 fully saturated rings. The van der Waals surface area contributed by atoms with Gasteiger partial charge in [0.25, 0.3) is 0 Å². The first-order valence-corrected chi connectivity index (χ1v) is 13.5. The molecule has 0 radical (unpaired) electrons. The number of benzene rings is 3. The normalized spacial score (nSPS) is 15.4. The number of carbonyl (C=O) groups excluding carboxylic acids is 2. The summed E-state index contributed by atoms with van der Waals surface area (Å²) in [5.41, 5.74) is 4.85. The minimum Gasteiger partial charge on any atom is -0.490 e. The standard InChI is InChI=1S/C31H33FN4O7/c1-4-41-26-15-20(29-28(30(38)40-3)19(2)34-31(39)35-29)13-14-25(26)43-18-27(37)36-33-16-21-9-6-8-12-24(21)42-17-22-10-5-7-11-23(22)32/h5-16,27,29,36-37H,4,17-18H2,1-3H3,(H2,34,35,39)/b33-16-/t27-,29+/m0/s1. The Bertz CT molecular complexity index is 1510. The number of hydrogen-bond donors (Lipinski definition) is 4. The van der Waals surface area contributed by atoms with Gasteiger partial charge in [0.05, 0.1) is 31.5 Å². The summed E-state index contributed by atoms with van der Waals surface area (Å²) in [6.45, 7) is 3.61. The third kappa shape index (κ3) is 8.01. The molecule has 4 rings (SSSR count). The zero-order valence-electron chi connectivity index (χ0n) is 23.9. The molecule has 0 aliphatic carbocycles. The Morgan fingerprint density at radius 1 is 1.07 bits per heavy atom. The van der Waals surface area contributed by atoms with E-state index in [2.05, 4.69) is 21.2 Å². The number of hydrazone groups is 1. The number of halogens is 1. The van der Waals surface area contributed by atoms with Gasteiger partial charge in [0.15, 0.2) is 17.7 Å². The number of urea groups is 1. The molecular weight excluding hydrogens is 559 g/mol. The molecule has 1 aliphatic heterocycles. The number of rotatable bonds is 13. The number of para-hydroxylation sites is 1. The molecule has 3 aromatic carbocycles. The lowest BCUT2D eigenvalue weighted by molar-refractivity contribution is -0.136. The van der Waals surface area contributed by atoms with E-state index in [1.807, 2.05) is 0 Å². The summed E-state index contributed by atoms with van der Waals surface area (Å²) < 4.78 is 36.1. The van der Waals surface area contributed by atoms with Gasteiger partial charge in [0, 0.05) is 16.8 Å². The molecule has 1 aliphatic rings. The predicted octanol–water partition coefficient (Wildman–Crippen LogP) is 3.93. The van der Waals surface area contributed by atoms with Gasteiger partial charge in [-0.3, -0.25) is 5.43 Å². The van der Waals surface area contributed by atoms with E-state index in [1.165, 1.54) is 19.4 Å². The van der Waals surface area contributed by atoms with Crippen LogP contribution in [-0.2, 0) is 16.1 Å². The Hall–Kier alpha value is -5.10. The van der Waals surface area contributed by atoms with Crippen molar-refractivity contribution < 1.29 is 38.0 Å². The highest BCUT2D eigenvalue weighted by molar-refractivity contribution is 5.95. The van der Waals surface area contributed by atoms with Crippen LogP contribution < -0.4 is 30.3 Å². The monoisotopic (exact) mass is 592 g/mol. The number of hydrogen-bond acceptors (Lipinski definition) is 9. The Kier molecular flexibility index (Phi) is 10.5. The number of nitrogens with zero attached hydrogens (tertiary/aromatic N) is 1. The maximum atomic E-state index is 13.9. The van der Waals surface area contributed by atoms with E-state index in [9.17, 15) is 19.1 Å². The molecule has 1 heterocycles. The van der Waals surface area contributed by atoms with Crippen LogP contribution in [0.25, 0.3) is 0 Å². The topological polar surface area (TPSA) is 140 Å². The van der Waals surface area contributed by atoms with Crippen molar-refractivity contribution in [2.45, 2.75) is 32.7 Å². The number of allylic oxidation sites excluding steroid dienone is 1. The van der Waals surface area contributed by atoms with Crippen molar-refractivity contribution in [1.82, 2.24) is 16.1 Å². The molecule has 12 heteroatoms. The Morgan fingerprint density at radius 3 is 2.60 bits per heavy atom. The quantitative estimate of drug-likeness (QED) is 0.101. The highest BCUT2D eigenvalue weighted by Gasteiger charge is 2.32. The zero-order valence-corrected chi connectivity index (χ0v) is 23.9. The van der Waals surface area contributed by atoms with Gasteiger partial charge in [-0.15, -0.1) is 0 Å². The van der Waals surface area contributed by atoms with Crippen LogP contribution in [0.5, 0.6) is 17.2 Å². The fourth-order valence-corrected chi connectivity index (χ4v) is 4.30. The molecule has 0 spiro atoms. The molecule has 43 heavy (non-hydrogen) atoms. The molecule has 4 N–H and O–H groups in total. The van der Waals surface area contributed by atoms with Crippen molar-refractivity contribution in [2.24, 2.45) is 5.10 Å². The van der Waals surface area contributed by atoms with Crippen LogP contribution in [0.2, 0.25) is 0 Å². The molecular formula is C31H33FN4O7. The lowest BCUT2D eigenvalue weighted by Crippen LogP contribution is -2.45. The molecule has 2 amide bonds. The first-order chi connectivity index (χ1) is 20.8. The maximum absolute atomic E-state index is 13.9. The van der Waals surface area contributed by atoms with Gasteiger partial charge in [0.2, 0.25) is 0 Å². The molecule has 226 valence electrons. The second-order valence-corrected chi connectivity index (χ2v) is 9.33. The highest BCUT2D eigenvalue weighted by Crippen LogP contribution is 2.35. The van der Waals surface area contributed by atoms with Crippen molar-refractivity contribution in [2.75, 3.05) is 20.3 Å². The summed E-state index contributed by atoms with van der Waals surface area (Å²) in [5.74, 6) is 0.252. The van der Waals surface area contributed by atoms with Crippen LogP contribution in [0.15, 0.2) is 83.1 Å². The minimum atomic E-state index is -1.18. The second-order valence-electron chi connectivity index (χ2n) is 9.33. The molecule has 2 atom stereocenters. The van der Waals surface area contributed by atoms with E-state index in [4.69, 9.17) is 18.9 Å². The summed E-state index contributed by atoms with van der Waals surface area (Å²) >= 11 is 0. The number of ether oxygens (including phenoxy) is 4. The average Bonchev–Trinajstić information content (AvgIpc) is 3.00. The Labute approximate surface area is 248 Å². The first kappa shape index (κ1) is 30.8. The number of amides is 2. The predicted molar refractivity (Wildman–Crippen MR) is 156 cm³/mol. The molecule has 11 nitrogen and oxygen atoms in total. The van der Waals surface area contributed by atoms with E-state index in [0.717, 1.165) is 0 Å². The number of carbonyl (C=O) groups is 2. The molecule has 0 saturated carbocycles. The van der Waals surface area contributed by atoms with Gasteiger partial charge in [-0.1, -0.05) is 36.4 Å². The van der Waals surface area contributed by atoms with E-state index < -0.39 is 24.3 Å². The minimum absolute atomic E-state index is 0.0479. The number of aliphatic hydroxyl groups is 1. The zero-order chi connectivity index (χ0) is 30.8. The van der Waals surface area contributed by atoms with Crippen LogP contribution >= 0.6 is 0 Å². The Morgan fingerprint density at radius 2 is 1.84 bits per heavy atom. The van der Waals surface area contributed by atoms with Crippen LogP contribution in [-0.4, -0.2) is 49.9 Å².